The number of likely N-dealkylation sites (tertiary alicyclic amines) is 2. The molecule has 2 heterocycles. The number of benzene rings is 4. The standard InChI is InChI=1S/C36H37ClN2O.2ClH/c1-38-24-32(28-17-9-4-10-18-28)36(37,33(25-38)29-19-11-5-12-20-29)35(30-21-13-6-14-22-30)26-39(2)23-31(34(35)40)27-15-7-3-8-16-27;;/h3-22,31-33H,23-26H2,1-2H3;2*1H. The molecule has 0 amide bonds. The summed E-state index contributed by atoms with van der Waals surface area (Å²) in [6.07, 6.45) is 0. The molecule has 0 saturated carbocycles. The van der Waals surface area contributed by atoms with Gasteiger partial charge in [0.05, 0.1) is 16.2 Å². The van der Waals surface area contributed by atoms with Gasteiger partial charge in [0.25, 0.3) is 0 Å². The van der Waals surface area contributed by atoms with Crippen LogP contribution in [-0.2, 0) is 10.2 Å². The van der Waals surface area contributed by atoms with Crippen molar-refractivity contribution in [1.29, 1.82) is 0 Å². The van der Waals surface area contributed by atoms with Gasteiger partial charge in [-0.25, -0.2) is 0 Å². The first-order chi connectivity index (χ1) is 19.4. The molecule has 0 aliphatic carbocycles. The number of nitrogens with zero attached hydrogens (tertiary/aromatic N) is 2. The number of hydrogen-bond acceptors (Lipinski definition) is 3. The first-order valence-electron chi connectivity index (χ1n) is 14.3. The van der Waals surface area contributed by atoms with E-state index >= 15 is 4.79 Å². The average Bonchev–Trinajstić information content (AvgIpc) is 3.01. The van der Waals surface area contributed by atoms with Gasteiger partial charge in [0, 0.05) is 38.0 Å². The third-order valence-electron chi connectivity index (χ3n) is 9.27. The lowest BCUT2D eigenvalue weighted by atomic mass is 9.51. The second kappa shape index (κ2) is 13.3. The molecule has 0 radical (unpaired) electrons. The summed E-state index contributed by atoms with van der Waals surface area (Å²) in [6.45, 7) is 2.80. The van der Waals surface area contributed by atoms with Crippen LogP contribution in [0, 0.1) is 0 Å². The summed E-state index contributed by atoms with van der Waals surface area (Å²) in [6, 6.07) is 41.9. The van der Waals surface area contributed by atoms with Gasteiger partial charge in [-0.15, -0.1) is 36.4 Å². The Labute approximate surface area is 267 Å². The third-order valence-corrected chi connectivity index (χ3v) is 10.1. The maximum Gasteiger partial charge on any atom is 0.155 e. The SMILES string of the molecule is CN1CC(c2ccccc2)C(Cl)(C2(c3ccccc3)CN(C)CC(c3ccccc3)C2=O)C(c2ccccc2)C1.Cl.Cl. The molecule has 4 unspecified atom stereocenters. The van der Waals surface area contributed by atoms with Crippen molar-refractivity contribution in [2.45, 2.75) is 28.0 Å². The molecule has 6 rings (SSSR count). The van der Waals surface area contributed by atoms with Gasteiger partial charge in [-0.2, -0.15) is 0 Å². The van der Waals surface area contributed by atoms with Crippen molar-refractivity contribution in [3.05, 3.63) is 144 Å². The number of rotatable bonds is 5. The number of carbonyl (C=O) groups is 1. The van der Waals surface area contributed by atoms with Gasteiger partial charge in [0.2, 0.25) is 0 Å². The zero-order valence-electron chi connectivity index (χ0n) is 24.1. The molecule has 42 heavy (non-hydrogen) atoms. The summed E-state index contributed by atoms with van der Waals surface area (Å²) in [7, 11) is 4.32. The minimum Gasteiger partial charge on any atom is -0.305 e. The molecule has 2 saturated heterocycles. The van der Waals surface area contributed by atoms with E-state index in [4.69, 9.17) is 11.6 Å². The van der Waals surface area contributed by atoms with Crippen molar-refractivity contribution in [2.75, 3.05) is 40.3 Å². The number of Topliss-reactive ketones (excluding diaryl/α,β-unsaturated/α-hetero) is 1. The lowest BCUT2D eigenvalue weighted by Gasteiger charge is -2.61. The summed E-state index contributed by atoms with van der Waals surface area (Å²) >= 11 is 8.45. The molecule has 2 aliphatic heterocycles. The van der Waals surface area contributed by atoms with Crippen molar-refractivity contribution < 1.29 is 4.79 Å². The van der Waals surface area contributed by atoms with E-state index in [1.165, 1.54) is 11.1 Å². The Morgan fingerprint density at radius 3 is 1.45 bits per heavy atom. The van der Waals surface area contributed by atoms with Gasteiger partial charge in [0.15, 0.2) is 5.78 Å². The zero-order chi connectivity index (χ0) is 27.7. The fourth-order valence-corrected chi connectivity index (χ4v) is 8.19. The highest BCUT2D eigenvalue weighted by molar-refractivity contribution is 6.29. The molecule has 3 nitrogen and oxygen atoms in total. The summed E-state index contributed by atoms with van der Waals surface area (Å²) < 4.78 is 0. The minimum absolute atomic E-state index is 0. The first-order valence-corrected chi connectivity index (χ1v) is 14.6. The lowest BCUT2D eigenvalue weighted by Crippen LogP contribution is -2.70. The van der Waals surface area contributed by atoms with Crippen LogP contribution in [0.2, 0.25) is 0 Å². The highest BCUT2D eigenvalue weighted by Crippen LogP contribution is 2.61. The topological polar surface area (TPSA) is 23.6 Å². The van der Waals surface area contributed by atoms with E-state index in [2.05, 4.69) is 121 Å². The van der Waals surface area contributed by atoms with Gasteiger partial charge >= 0.3 is 0 Å². The average molecular weight is 622 g/mol. The molecular formula is C36H39Cl3N2O. The van der Waals surface area contributed by atoms with Crippen LogP contribution in [0.1, 0.15) is 40.0 Å². The van der Waals surface area contributed by atoms with E-state index in [0.29, 0.717) is 13.1 Å². The second-order valence-corrected chi connectivity index (χ2v) is 12.3. The smallest absolute Gasteiger partial charge is 0.155 e. The number of likely N-dealkylation sites (N-methyl/N-ethyl adjacent to an activating group) is 2. The van der Waals surface area contributed by atoms with E-state index in [1.54, 1.807) is 0 Å². The summed E-state index contributed by atoms with van der Waals surface area (Å²) in [4.78, 5) is 19.2. The van der Waals surface area contributed by atoms with E-state index in [-0.39, 0.29) is 48.4 Å². The normalized spacial score (nSPS) is 28.4. The van der Waals surface area contributed by atoms with E-state index < -0.39 is 10.3 Å². The van der Waals surface area contributed by atoms with Crippen molar-refractivity contribution in [3.8, 4) is 0 Å². The highest BCUT2D eigenvalue weighted by Gasteiger charge is 2.67. The molecule has 6 heteroatoms. The van der Waals surface area contributed by atoms with Crippen LogP contribution in [0.3, 0.4) is 0 Å². The molecule has 4 aromatic carbocycles. The Bertz CT molecular complexity index is 1390. The monoisotopic (exact) mass is 620 g/mol. The van der Waals surface area contributed by atoms with Gasteiger partial charge in [-0.1, -0.05) is 121 Å². The Kier molecular flexibility index (Phi) is 10.2. The fourth-order valence-electron chi connectivity index (χ4n) is 7.54. The van der Waals surface area contributed by atoms with Gasteiger partial charge in [0.1, 0.15) is 0 Å². The van der Waals surface area contributed by atoms with Crippen LogP contribution >= 0.6 is 36.4 Å². The lowest BCUT2D eigenvalue weighted by molar-refractivity contribution is -0.133. The predicted octanol–water partition coefficient (Wildman–Crippen LogP) is 7.56. The van der Waals surface area contributed by atoms with Crippen LogP contribution in [0.5, 0.6) is 0 Å². The maximum absolute atomic E-state index is 15.4. The van der Waals surface area contributed by atoms with E-state index in [1.807, 2.05) is 24.3 Å². The van der Waals surface area contributed by atoms with Gasteiger partial charge in [-0.3, -0.25) is 4.79 Å². The molecule has 2 fully saturated rings. The first kappa shape index (κ1) is 32.3. The second-order valence-electron chi connectivity index (χ2n) is 11.7. The molecule has 220 valence electrons. The highest BCUT2D eigenvalue weighted by atomic mass is 35.5. The molecule has 4 atom stereocenters. The Hall–Kier alpha value is -2.66. The van der Waals surface area contributed by atoms with Crippen LogP contribution in [0.15, 0.2) is 121 Å². The summed E-state index contributed by atoms with van der Waals surface area (Å²) in [5, 5.41) is 0. The Balaban J connectivity index is 0.00000202. The Morgan fingerprint density at radius 1 is 0.595 bits per heavy atom. The van der Waals surface area contributed by atoms with Crippen LogP contribution in [-0.4, -0.2) is 60.7 Å². The molecule has 0 N–H and O–H groups in total. The van der Waals surface area contributed by atoms with Crippen molar-refractivity contribution in [3.63, 3.8) is 0 Å². The summed E-state index contributed by atoms with van der Waals surface area (Å²) in [5.74, 6) is -0.203. The van der Waals surface area contributed by atoms with Crippen molar-refractivity contribution in [2.24, 2.45) is 0 Å². The molecule has 0 bridgehead atoms. The number of hydrogen-bond donors (Lipinski definition) is 0. The van der Waals surface area contributed by atoms with E-state index in [9.17, 15) is 0 Å². The number of carbonyl (C=O) groups excluding carboxylic acids is 1. The summed E-state index contributed by atoms with van der Waals surface area (Å²) in [5.41, 5.74) is 3.47. The maximum atomic E-state index is 15.4. The molecule has 0 spiro atoms. The minimum atomic E-state index is -0.953. The number of ketones is 1. The number of halogens is 3. The fraction of sp³-hybridized carbons (Fsp3) is 0.306. The molecule has 0 aromatic heterocycles. The number of alkyl halides is 1. The van der Waals surface area contributed by atoms with Crippen LogP contribution < -0.4 is 0 Å². The van der Waals surface area contributed by atoms with Gasteiger partial charge < -0.3 is 9.80 Å². The zero-order valence-corrected chi connectivity index (χ0v) is 26.5. The third kappa shape index (κ3) is 5.42. The van der Waals surface area contributed by atoms with E-state index in [0.717, 1.165) is 24.2 Å². The Morgan fingerprint density at radius 2 is 1.00 bits per heavy atom. The molecule has 4 aromatic rings. The van der Waals surface area contributed by atoms with Crippen LogP contribution in [0.4, 0.5) is 0 Å². The van der Waals surface area contributed by atoms with Crippen molar-refractivity contribution in [1.82, 2.24) is 9.80 Å². The molecule has 2 aliphatic rings. The quantitative estimate of drug-likeness (QED) is 0.215. The molecular weight excluding hydrogens is 583 g/mol. The predicted molar refractivity (Wildman–Crippen MR) is 179 cm³/mol. The number of piperidine rings is 2. The van der Waals surface area contributed by atoms with Crippen LogP contribution in [0.25, 0.3) is 0 Å². The largest absolute Gasteiger partial charge is 0.305 e. The van der Waals surface area contributed by atoms with Gasteiger partial charge in [-0.05, 0) is 36.3 Å². The van der Waals surface area contributed by atoms with Crippen molar-refractivity contribution >= 4 is 42.2 Å².